The van der Waals surface area contributed by atoms with E-state index in [-0.39, 0.29) is 5.91 Å². The molecule has 0 saturated heterocycles. The number of nitrogens with one attached hydrogen (secondary N) is 2. The number of ether oxygens (including phenoxy) is 1. The van der Waals surface area contributed by atoms with Crippen molar-refractivity contribution in [2.75, 3.05) is 12.4 Å². The summed E-state index contributed by atoms with van der Waals surface area (Å²) in [6.45, 7) is 0. The normalized spacial score (nSPS) is 10.5. The van der Waals surface area contributed by atoms with Crippen LogP contribution in [-0.2, 0) is 0 Å². The Morgan fingerprint density at radius 3 is 3.00 bits per heavy atom. The molecule has 22 heavy (non-hydrogen) atoms. The zero-order chi connectivity index (χ0) is 15.5. The summed E-state index contributed by atoms with van der Waals surface area (Å²) in [6, 6.07) is 6.95. The Morgan fingerprint density at radius 2 is 2.27 bits per heavy atom. The Morgan fingerprint density at radius 1 is 1.41 bits per heavy atom. The van der Waals surface area contributed by atoms with Crippen molar-refractivity contribution in [1.29, 1.82) is 0 Å². The molecule has 3 rings (SSSR count). The van der Waals surface area contributed by atoms with Crippen molar-refractivity contribution in [2.24, 2.45) is 0 Å². The molecule has 0 radical (unpaired) electrons. The maximum absolute atomic E-state index is 11.9. The average Bonchev–Trinajstić information content (AvgIpc) is 3.18. The van der Waals surface area contributed by atoms with Crippen LogP contribution < -0.4 is 10.1 Å². The molecule has 3 aromatic rings. The van der Waals surface area contributed by atoms with Crippen LogP contribution in [0.4, 0.5) is 5.82 Å². The molecule has 0 aliphatic carbocycles. The molecule has 1 amide bonds. The first kappa shape index (κ1) is 14.5. The van der Waals surface area contributed by atoms with Gasteiger partial charge in [0.05, 0.1) is 19.0 Å². The van der Waals surface area contributed by atoms with Gasteiger partial charge >= 0.3 is 0 Å². The highest BCUT2D eigenvalue weighted by Gasteiger charge is 2.13. The van der Waals surface area contributed by atoms with Gasteiger partial charge in [-0.15, -0.1) is 5.10 Å². The number of methoxy groups -OCH3 is 1. The third kappa shape index (κ3) is 2.92. The fourth-order valence-electron chi connectivity index (χ4n) is 1.86. The van der Waals surface area contributed by atoms with E-state index in [1.165, 1.54) is 6.20 Å². The highest BCUT2D eigenvalue weighted by Crippen LogP contribution is 2.32. The van der Waals surface area contributed by atoms with Crippen molar-refractivity contribution in [3.63, 3.8) is 0 Å². The van der Waals surface area contributed by atoms with Crippen LogP contribution in [0, 0.1) is 0 Å². The summed E-state index contributed by atoms with van der Waals surface area (Å²) in [7, 11) is 1.57. The van der Waals surface area contributed by atoms with Crippen molar-refractivity contribution in [3.05, 3.63) is 40.4 Å². The summed E-state index contributed by atoms with van der Waals surface area (Å²) >= 11 is 7.02. The van der Waals surface area contributed by atoms with E-state index >= 15 is 0 Å². The van der Waals surface area contributed by atoms with E-state index < -0.39 is 0 Å². The summed E-state index contributed by atoms with van der Waals surface area (Å²) in [5.41, 5.74) is 1.43. The van der Waals surface area contributed by atoms with Crippen LogP contribution in [0.2, 0.25) is 5.02 Å². The van der Waals surface area contributed by atoms with Crippen molar-refractivity contribution < 1.29 is 9.53 Å². The SMILES string of the molecule is COc1ccc(Cl)cc1-c1cc(NC(=O)c2cnns2)n[nH]1. The van der Waals surface area contributed by atoms with Gasteiger partial charge in [-0.3, -0.25) is 9.89 Å². The first-order valence-electron chi connectivity index (χ1n) is 6.15. The molecule has 0 spiro atoms. The zero-order valence-corrected chi connectivity index (χ0v) is 12.9. The average molecular weight is 336 g/mol. The van der Waals surface area contributed by atoms with Crippen LogP contribution in [-0.4, -0.2) is 32.8 Å². The summed E-state index contributed by atoms with van der Waals surface area (Å²) in [6.07, 6.45) is 1.40. The van der Waals surface area contributed by atoms with E-state index in [1.54, 1.807) is 31.4 Å². The molecule has 2 aromatic heterocycles. The second-order valence-electron chi connectivity index (χ2n) is 4.25. The number of H-pyrrole nitrogens is 1. The number of nitrogens with zero attached hydrogens (tertiary/aromatic N) is 3. The van der Waals surface area contributed by atoms with Gasteiger partial charge < -0.3 is 10.1 Å². The van der Waals surface area contributed by atoms with E-state index in [9.17, 15) is 4.79 Å². The number of aromatic nitrogens is 4. The Kier molecular flexibility index (Phi) is 4.03. The van der Waals surface area contributed by atoms with Gasteiger partial charge in [-0.1, -0.05) is 16.1 Å². The fraction of sp³-hybridized carbons (Fsp3) is 0.0769. The highest BCUT2D eigenvalue weighted by molar-refractivity contribution is 7.07. The predicted molar refractivity (Wildman–Crippen MR) is 83.4 cm³/mol. The molecule has 2 heterocycles. The standard InChI is InChI=1S/C13H10ClN5O2S/c1-21-10-3-2-7(14)4-8(10)9-5-12(18-17-9)16-13(20)11-6-15-19-22-11/h2-6H,1H3,(H2,16,17,18,20). The summed E-state index contributed by atoms with van der Waals surface area (Å²) in [4.78, 5) is 12.3. The van der Waals surface area contributed by atoms with Crippen molar-refractivity contribution in [2.45, 2.75) is 0 Å². The van der Waals surface area contributed by atoms with Gasteiger partial charge in [0.15, 0.2) is 5.82 Å². The molecule has 1 aromatic carbocycles. The molecule has 0 atom stereocenters. The molecule has 9 heteroatoms. The molecule has 112 valence electrons. The number of rotatable bonds is 4. The molecular formula is C13H10ClN5O2S. The summed E-state index contributed by atoms with van der Waals surface area (Å²) < 4.78 is 8.94. The van der Waals surface area contributed by atoms with E-state index in [4.69, 9.17) is 16.3 Å². The number of hydrogen-bond acceptors (Lipinski definition) is 6. The van der Waals surface area contributed by atoms with Gasteiger partial charge in [0, 0.05) is 16.7 Å². The number of benzene rings is 1. The molecule has 0 fully saturated rings. The van der Waals surface area contributed by atoms with Crippen LogP contribution in [0.15, 0.2) is 30.5 Å². The quantitative estimate of drug-likeness (QED) is 0.764. The van der Waals surface area contributed by atoms with E-state index in [2.05, 4.69) is 25.1 Å². The Bertz CT molecular complexity index is 803. The fourth-order valence-corrected chi connectivity index (χ4v) is 2.44. The Hall–Kier alpha value is -2.45. The second-order valence-corrected chi connectivity index (χ2v) is 5.47. The smallest absolute Gasteiger partial charge is 0.270 e. The maximum Gasteiger partial charge on any atom is 0.270 e. The summed E-state index contributed by atoms with van der Waals surface area (Å²) in [5, 5.41) is 13.8. The third-order valence-corrected chi connectivity index (χ3v) is 3.75. The van der Waals surface area contributed by atoms with Gasteiger partial charge in [-0.2, -0.15) is 5.10 Å². The maximum atomic E-state index is 11.9. The molecule has 2 N–H and O–H groups in total. The van der Waals surface area contributed by atoms with Crippen LogP contribution >= 0.6 is 23.1 Å². The number of anilines is 1. The minimum Gasteiger partial charge on any atom is -0.496 e. The minimum atomic E-state index is -0.314. The zero-order valence-electron chi connectivity index (χ0n) is 11.3. The largest absolute Gasteiger partial charge is 0.496 e. The second kappa shape index (κ2) is 6.12. The first-order chi connectivity index (χ1) is 10.7. The van der Waals surface area contributed by atoms with Gasteiger partial charge in [0.2, 0.25) is 0 Å². The molecule has 0 unspecified atom stereocenters. The highest BCUT2D eigenvalue weighted by atomic mass is 35.5. The van der Waals surface area contributed by atoms with Crippen molar-refractivity contribution >= 4 is 34.9 Å². The van der Waals surface area contributed by atoms with E-state index in [0.29, 0.717) is 27.2 Å². The van der Waals surface area contributed by atoms with Crippen molar-refractivity contribution in [3.8, 4) is 17.0 Å². The van der Waals surface area contributed by atoms with Gasteiger partial charge in [-0.25, -0.2) is 0 Å². The van der Waals surface area contributed by atoms with Crippen molar-refractivity contribution in [1.82, 2.24) is 19.8 Å². The molecule has 7 nitrogen and oxygen atoms in total. The number of aromatic amines is 1. The minimum absolute atomic E-state index is 0.314. The number of hydrogen-bond donors (Lipinski definition) is 2. The van der Waals surface area contributed by atoms with Crippen LogP contribution in [0.25, 0.3) is 11.3 Å². The van der Waals surface area contributed by atoms with Gasteiger partial charge in [-0.05, 0) is 29.7 Å². The van der Waals surface area contributed by atoms with Crippen LogP contribution in [0.1, 0.15) is 9.67 Å². The lowest BCUT2D eigenvalue weighted by atomic mass is 10.1. The number of halogens is 1. The Labute approximate surface area is 134 Å². The Balaban J connectivity index is 1.85. The summed E-state index contributed by atoms with van der Waals surface area (Å²) in [5.74, 6) is 0.721. The molecule has 0 saturated carbocycles. The lowest BCUT2D eigenvalue weighted by Gasteiger charge is -2.06. The molecular weight excluding hydrogens is 326 g/mol. The van der Waals surface area contributed by atoms with Crippen LogP contribution in [0.3, 0.4) is 0 Å². The predicted octanol–water partition coefficient (Wildman–Crippen LogP) is 2.84. The van der Waals surface area contributed by atoms with Gasteiger partial charge in [0.1, 0.15) is 10.6 Å². The molecule has 0 aliphatic heterocycles. The number of carbonyl (C=O) groups is 1. The monoisotopic (exact) mass is 335 g/mol. The van der Waals surface area contributed by atoms with E-state index in [0.717, 1.165) is 17.1 Å². The molecule has 0 bridgehead atoms. The van der Waals surface area contributed by atoms with Gasteiger partial charge in [0.25, 0.3) is 5.91 Å². The first-order valence-corrected chi connectivity index (χ1v) is 7.30. The topological polar surface area (TPSA) is 92.8 Å². The lowest BCUT2D eigenvalue weighted by Crippen LogP contribution is -2.10. The lowest BCUT2D eigenvalue weighted by molar-refractivity contribution is 0.103. The third-order valence-electron chi connectivity index (χ3n) is 2.86. The number of amides is 1. The van der Waals surface area contributed by atoms with Crippen LogP contribution in [0.5, 0.6) is 5.75 Å². The van der Waals surface area contributed by atoms with E-state index in [1.807, 2.05) is 0 Å². The molecule has 0 aliphatic rings. The number of carbonyl (C=O) groups excluding carboxylic acids is 1.